The molecule has 3 rings (SSSR count). The highest BCUT2D eigenvalue weighted by molar-refractivity contribution is 6.99. The molecule has 1 aromatic heterocycles. The second kappa shape index (κ2) is 5.84. The molecule has 1 aliphatic rings. The van der Waals surface area contributed by atoms with Gasteiger partial charge in [-0.3, -0.25) is 9.59 Å². The molecule has 114 valence electrons. The van der Waals surface area contributed by atoms with Crippen molar-refractivity contribution in [1.82, 2.24) is 13.6 Å². The van der Waals surface area contributed by atoms with Crippen LogP contribution in [0.5, 0.6) is 0 Å². The number of nitrogens with zero attached hydrogens (tertiary/aromatic N) is 3. The summed E-state index contributed by atoms with van der Waals surface area (Å²) in [5.74, 6) is -1.01. The molecule has 1 saturated heterocycles. The van der Waals surface area contributed by atoms with Crippen molar-refractivity contribution >= 4 is 23.6 Å². The molecule has 22 heavy (non-hydrogen) atoms. The lowest BCUT2D eigenvalue weighted by atomic mass is 9.73. The van der Waals surface area contributed by atoms with Crippen molar-refractivity contribution in [3.63, 3.8) is 0 Å². The molecule has 0 atom stereocenters. The van der Waals surface area contributed by atoms with Gasteiger partial charge in [0, 0.05) is 13.1 Å². The van der Waals surface area contributed by atoms with Crippen LogP contribution in [0, 0.1) is 0 Å². The zero-order valence-corrected chi connectivity index (χ0v) is 12.6. The highest BCUT2D eigenvalue weighted by Crippen LogP contribution is 2.36. The molecule has 0 spiro atoms. The zero-order chi connectivity index (χ0) is 15.6. The Balaban J connectivity index is 1.79. The quantitative estimate of drug-likeness (QED) is 0.933. The Labute approximate surface area is 131 Å². The van der Waals surface area contributed by atoms with E-state index in [2.05, 4.69) is 8.75 Å². The number of carboxylic acids is 1. The molecule has 1 amide bonds. The molecule has 1 fully saturated rings. The number of carboxylic acid groups (broad SMARTS) is 1. The second-order valence-corrected chi connectivity index (χ2v) is 5.89. The number of carbonyl (C=O) groups excluding carboxylic acids is 1. The van der Waals surface area contributed by atoms with Crippen molar-refractivity contribution < 1.29 is 14.7 Å². The molecule has 1 aliphatic heterocycles. The molecule has 1 N–H and O–H groups in total. The number of rotatable bonds is 3. The average Bonchev–Trinajstić information content (AvgIpc) is 3.09. The normalized spacial score (nSPS) is 17.2. The van der Waals surface area contributed by atoms with Gasteiger partial charge in [0.2, 0.25) is 0 Å². The number of aliphatic carboxylic acids is 1. The first-order valence-corrected chi connectivity index (χ1v) is 7.72. The van der Waals surface area contributed by atoms with Crippen LogP contribution in [-0.2, 0) is 10.2 Å². The van der Waals surface area contributed by atoms with Gasteiger partial charge in [0.05, 0.1) is 23.3 Å². The van der Waals surface area contributed by atoms with Gasteiger partial charge in [-0.25, -0.2) is 0 Å². The third-order valence-electron chi connectivity index (χ3n) is 4.22. The molecular formula is C15H15N3O3S. The van der Waals surface area contributed by atoms with Crippen LogP contribution in [0.1, 0.15) is 28.9 Å². The van der Waals surface area contributed by atoms with Crippen LogP contribution in [-0.4, -0.2) is 43.7 Å². The number of amides is 1. The first-order chi connectivity index (χ1) is 10.6. The van der Waals surface area contributed by atoms with E-state index in [1.807, 2.05) is 30.3 Å². The minimum atomic E-state index is -0.918. The summed E-state index contributed by atoms with van der Waals surface area (Å²) in [6.45, 7) is 0.801. The maximum Gasteiger partial charge on any atom is 0.314 e. The maximum absolute atomic E-state index is 12.3. The minimum absolute atomic E-state index is 0.180. The van der Waals surface area contributed by atoms with Gasteiger partial charge in [0.15, 0.2) is 5.69 Å². The Hall–Kier alpha value is -2.28. The zero-order valence-electron chi connectivity index (χ0n) is 11.8. The van der Waals surface area contributed by atoms with Crippen molar-refractivity contribution in [2.24, 2.45) is 0 Å². The number of piperidine rings is 1. The smallest absolute Gasteiger partial charge is 0.314 e. The third-order valence-corrected chi connectivity index (χ3v) is 4.70. The summed E-state index contributed by atoms with van der Waals surface area (Å²) in [6, 6.07) is 9.25. The predicted octanol–water partition coefficient (Wildman–Crippen LogP) is 1.80. The van der Waals surface area contributed by atoms with Crippen LogP contribution in [0.25, 0.3) is 0 Å². The Bertz CT molecular complexity index is 665. The number of carbonyl (C=O) groups is 2. The standard InChI is InChI=1S/C15H15N3O3S/c19-13(12-10-16-22-17-12)18-8-6-15(7-9-18,14(20)21)11-4-2-1-3-5-11/h1-5,10H,6-9H2,(H,20,21). The predicted molar refractivity (Wildman–Crippen MR) is 80.8 cm³/mol. The minimum Gasteiger partial charge on any atom is -0.481 e. The van der Waals surface area contributed by atoms with Crippen molar-refractivity contribution in [2.75, 3.05) is 13.1 Å². The average molecular weight is 317 g/mol. The van der Waals surface area contributed by atoms with Gasteiger partial charge in [-0.1, -0.05) is 30.3 Å². The summed E-state index contributed by atoms with van der Waals surface area (Å²) in [5, 5.41) is 9.73. The molecule has 7 heteroatoms. The van der Waals surface area contributed by atoms with E-state index in [1.54, 1.807) is 4.90 Å². The summed E-state index contributed by atoms with van der Waals surface area (Å²) in [5.41, 5.74) is 0.204. The molecule has 0 saturated carbocycles. The molecule has 0 aliphatic carbocycles. The summed E-state index contributed by atoms with van der Waals surface area (Å²) in [6.07, 6.45) is 2.24. The number of likely N-dealkylation sites (tertiary alicyclic amines) is 1. The lowest BCUT2D eigenvalue weighted by Gasteiger charge is -2.39. The van der Waals surface area contributed by atoms with Crippen molar-refractivity contribution in [1.29, 1.82) is 0 Å². The van der Waals surface area contributed by atoms with E-state index in [-0.39, 0.29) is 5.91 Å². The van der Waals surface area contributed by atoms with E-state index in [9.17, 15) is 14.7 Å². The monoisotopic (exact) mass is 317 g/mol. The van der Waals surface area contributed by atoms with Gasteiger partial charge < -0.3 is 10.0 Å². The van der Waals surface area contributed by atoms with Crippen LogP contribution in [0.15, 0.2) is 36.5 Å². The lowest BCUT2D eigenvalue weighted by Crippen LogP contribution is -2.49. The van der Waals surface area contributed by atoms with Gasteiger partial charge in [-0.05, 0) is 18.4 Å². The van der Waals surface area contributed by atoms with E-state index < -0.39 is 11.4 Å². The van der Waals surface area contributed by atoms with Crippen molar-refractivity contribution in [2.45, 2.75) is 18.3 Å². The summed E-state index contributed by atoms with van der Waals surface area (Å²) in [4.78, 5) is 25.8. The van der Waals surface area contributed by atoms with Crippen molar-refractivity contribution in [3.8, 4) is 0 Å². The Morgan fingerprint density at radius 2 is 1.86 bits per heavy atom. The van der Waals surface area contributed by atoms with Crippen LogP contribution < -0.4 is 0 Å². The first-order valence-electron chi connectivity index (χ1n) is 6.99. The molecule has 0 bridgehead atoms. The Kier molecular flexibility index (Phi) is 3.89. The van der Waals surface area contributed by atoms with E-state index in [1.165, 1.54) is 6.20 Å². The van der Waals surface area contributed by atoms with Crippen LogP contribution in [0.4, 0.5) is 0 Å². The molecule has 0 unspecified atom stereocenters. The Morgan fingerprint density at radius 1 is 1.18 bits per heavy atom. The number of benzene rings is 1. The summed E-state index contributed by atoms with van der Waals surface area (Å²) < 4.78 is 7.78. The van der Waals surface area contributed by atoms with Gasteiger partial charge >= 0.3 is 5.97 Å². The molecule has 0 radical (unpaired) electrons. The largest absolute Gasteiger partial charge is 0.481 e. The third kappa shape index (κ3) is 2.48. The molecular weight excluding hydrogens is 302 g/mol. The Morgan fingerprint density at radius 3 is 2.41 bits per heavy atom. The van der Waals surface area contributed by atoms with Gasteiger partial charge in [0.1, 0.15) is 0 Å². The lowest BCUT2D eigenvalue weighted by molar-refractivity contribution is -0.145. The van der Waals surface area contributed by atoms with Gasteiger partial charge in [-0.15, -0.1) is 0 Å². The fraction of sp³-hybridized carbons (Fsp3) is 0.333. The van der Waals surface area contributed by atoms with Gasteiger partial charge in [-0.2, -0.15) is 8.75 Å². The van der Waals surface area contributed by atoms with Gasteiger partial charge in [0.25, 0.3) is 5.91 Å². The second-order valence-electron chi connectivity index (χ2n) is 5.34. The van der Waals surface area contributed by atoms with Crippen molar-refractivity contribution in [3.05, 3.63) is 47.8 Å². The highest BCUT2D eigenvalue weighted by Gasteiger charge is 2.44. The maximum atomic E-state index is 12.3. The number of aromatic nitrogens is 2. The molecule has 1 aromatic carbocycles. The fourth-order valence-corrected chi connectivity index (χ4v) is 3.30. The molecule has 2 aromatic rings. The fourth-order valence-electron chi connectivity index (χ4n) is 2.90. The van der Waals surface area contributed by atoms with E-state index >= 15 is 0 Å². The summed E-state index contributed by atoms with van der Waals surface area (Å²) >= 11 is 0.992. The summed E-state index contributed by atoms with van der Waals surface area (Å²) in [7, 11) is 0. The SMILES string of the molecule is O=C(c1cnsn1)N1CCC(C(=O)O)(c2ccccc2)CC1. The molecule has 6 nitrogen and oxygen atoms in total. The topological polar surface area (TPSA) is 83.4 Å². The number of hydrogen-bond donors (Lipinski definition) is 1. The van der Waals surface area contributed by atoms with E-state index in [0.717, 1.165) is 17.3 Å². The highest BCUT2D eigenvalue weighted by atomic mass is 32.1. The van der Waals surface area contributed by atoms with Crippen LogP contribution >= 0.6 is 11.7 Å². The molecule has 2 heterocycles. The van der Waals surface area contributed by atoms with E-state index in [0.29, 0.717) is 31.6 Å². The first kappa shape index (κ1) is 14.6. The van der Waals surface area contributed by atoms with Crippen LogP contribution in [0.2, 0.25) is 0 Å². The van der Waals surface area contributed by atoms with Crippen LogP contribution in [0.3, 0.4) is 0 Å². The van der Waals surface area contributed by atoms with E-state index in [4.69, 9.17) is 0 Å². The number of hydrogen-bond acceptors (Lipinski definition) is 5.